The summed E-state index contributed by atoms with van der Waals surface area (Å²) in [4.78, 5) is 34.3. The van der Waals surface area contributed by atoms with Crippen LogP contribution in [-0.4, -0.2) is 56.0 Å². The molecule has 0 atom stereocenters. The number of carbonyl (C=O) groups excluding carboxylic acids is 2. The van der Waals surface area contributed by atoms with Crippen LogP contribution < -0.4 is 0 Å². The number of carbonyl (C=O) groups is 3. The second kappa shape index (κ2) is 4.92. The number of ether oxygens (including phenoxy) is 1. The van der Waals surface area contributed by atoms with Gasteiger partial charge in [-0.25, -0.2) is 4.68 Å². The maximum Gasteiger partial charge on any atom is 0.325 e. The molecule has 96 valence electrons. The number of imide groups is 1. The normalized spacial score (nSPS) is 16.1. The van der Waals surface area contributed by atoms with Crippen LogP contribution in [0, 0.1) is 0 Å². The topological polar surface area (TPSA) is 115 Å². The van der Waals surface area contributed by atoms with Crippen LogP contribution in [-0.2, 0) is 32.2 Å². The zero-order valence-electron chi connectivity index (χ0n) is 9.27. The number of amides is 2. The van der Waals surface area contributed by atoms with Gasteiger partial charge >= 0.3 is 5.97 Å². The molecular weight excluding hydrogens is 244 g/mol. The van der Waals surface area contributed by atoms with E-state index in [1.165, 1.54) is 6.20 Å². The summed E-state index contributed by atoms with van der Waals surface area (Å²) in [6.07, 6.45) is 1.38. The molecule has 2 heterocycles. The molecule has 0 aliphatic carbocycles. The average Bonchev–Trinajstić information content (AvgIpc) is 2.70. The number of morpholine rings is 1. The van der Waals surface area contributed by atoms with E-state index in [1.807, 2.05) is 0 Å². The zero-order valence-corrected chi connectivity index (χ0v) is 9.27. The second-order valence-electron chi connectivity index (χ2n) is 3.67. The van der Waals surface area contributed by atoms with E-state index >= 15 is 0 Å². The number of hydrogen-bond donors (Lipinski definition) is 1. The Morgan fingerprint density at radius 1 is 1.39 bits per heavy atom. The minimum Gasteiger partial charge on any atom is -0.480 e. The number of aliphatic carboxylic acids is 1. The fourth-order valence-electron chi connectivity index (χ4n) is 1.49. The molecule has 0 saturated carbocycles. The van der Waals surface area contributed by atoms with Gasteiger partial charge in [0.1, 0.15) is 25.5 Å². The van der Waals surface area contributed by atoms with Crippen LogP contribution in [0.1, 0.15) is 5.69 Å². The molecule has 1 aromatic rings. The average molecular weight is 254 g/mol. The molecule has 0 radical (unpaired) electrons. The van der Waals surface area contributed by atoms with E-state index in [9.17, 15) is 14.4 Å². The van der Waals surface area contributed by atoms with E-state index in [4.69, 9.17) is 9.84 Å². The van der Waals surface area contributed by atoms with Crippen molar-refractivity contribution < 1.29 is 24.2 Å². The Labute approximate surface area is 101 Å². The van der Waals surface area contributed by atoms with Crippen LogP contribution in [0.5, 0.6) is 0 Å². The van der Waals surface area contributed by atoms with Crippen molar-refractivity contribution >= 4 is 17.8 Å². The van der Waals surface area contributed by atoms with Gasteiger partial charge in [0.2, 0.25) is 0 Å². The molecule has 2 rings (SSSR count). The lowest BCUT2D eigenvalue weighted by molar-refractivity contribution is -0.159. The van der Waals surface area contributed by atoms with Crippen molar-refractivity contribution in [2.75, 3.05) is 13.2 Å². The van der Waals surface area contributed by atoms with Gasteiger partial charge in [-0.1, -0.05) is 5.21 Å². The van der Waals surface area contributed by atoms with Crippen LogP contribution in [0.25, 0.3) is 0 Å². The lowest BCUT2D eigenvalue weighted by atomic mass is 10.3. The largest absolute Gasteiger partial charge is 0.480 e. The molecule has 1 N–H and O–H groups in total. The fourth-order valence-corrected chi connectivity index (χ4v) is 1.49. The van der Waals surface area contributed by atoms with E-state index in [2.05, 4.69) is 10.3 Å². The van der Waals surface area contributed by atoms with E-state index in [1.54, 1.807) is 0 Å². The molecule has 9 nitrogen and oxygen atoms in total. The summed E-state index contributed by atoms with van der Waals surface area (Å²) in [5, 5.41) is 15.8. The highest BCUT2D eigenvalue weighted by Crippen LogP contribution is 2.06. The minimum absolute atomic E-state index is 0.0271. The van der Waals surface area contributed by atoms with E-state index < -0.39 is 17.8 Å². The third kappa shape index (κ3) is 2.69. The highest BCUT2D eigenvalue weighted by atomic mass is 16.5. The minimum atomic E-state index is -1.05. The van der Waals surface area contributed by atoms with Gasteiger partial charge in [0.15, 0.2) is 0 Å². The number of carboxylic acid groups (broad SMARTS) is 1. The molecule has 1 fully saturated rings. The number of carboxylic acids is 1. The molecule has 0 spiro atoms. The predicted octanol–water partition coefficient (Wildman–Crippen LogP) is -1.75. The summed E-state index contributed by atoms with van der Waals surface area (Å²) in [5.74, 6) is -1.94. The molecule has 1 saturated heterocycles. The molecule has 1 aliphatic heterocycles. The monoisotopic (exact) mass is 254 g/mol. The van der Waals surface area contributed by atoms with Crippen molar-refractivity contribution in [1.29, 1.82) is 0 Å². The molecule has 18 heavy (non-hydrogen) atoms. The summed E-state index contributed by atoms with van der Waals surface area (Å²) in [6, 6.07) is 0. The third-order valence-corrected chi connectivity index (χ3v) is 2.26. The maximum atomic E-state index is 11.4. The van der Waals surface area contributed by atoms with Crippen LogP contribution in [0.15, 0.2) is 6.20 Å². The Morgan fingerprint density at radius 2 is 2.06 bits per heavy atom. The molecule has 1 aliphatic rings. The first-order chi connectivity index (χ1) is 8.56. The van der Waals surface area contributed by atoms with Gasteiger partial charge in [0, 0.05) is 0 Å². The number of aromatic nitrogens is 3. The van der Waals surface area contributed by atoms with Crippen LogP contribution in [0.3, 0.4) is 0 Å². The highest BCUT2D eigenvalue weighted by Gasteiger charge is 2.27. The van der Waals surface area contributed by atoms with Crippen molar-refractivity contribution in [2.24, 2.45) is 0 Å². The molecule has 0 unspecified atom stereocenters. The van der Waals surface area contributed by atoms with Gasteiger partial charge in [0.25, 0.3) is 11.8 Å². The molecule has 0 aromatic carbocycles. The zero-order chi connectivity index (χ0) is 13.1. The van der Waals surface area contributed by atoms with Crippen LogP contribution >= 0.6 is 0 Å². The predicted molar refractivity (Wildman–Crippen MR) is 54.0 cm³/mol. The van der Waals surface area contributed by atoms with Crippen LogP contribution in [0.4, 0.5) is 0 Å². The number of nitrogens with zero attached hydrogens (tertiary/aromatic N) is 4. The van der Waals surface area contributed by atoms with Crippen molar-refractivity contribution in [2.45, 2.75) is 13.1 Å². The quantitative estimate of drug-likeness (QED) is 0.633. The van der Waals surface area contributed by atoms with Gasteiger partial charge in [-0.05, 0) is 0 Å². The summed E-state index contributed by atoms with van der Waals surface area (Å²) in [7, 11) is 0. The van der Waals surface area contributed by atoms with Gasteiger partial charge in [-0.3, -0.25) is 19.3 Å². The molecule has 0 bridgehead atoms. The highest BCUT2D eigenvalue weighted by molar-refractivity contribution is 5.98. The SMILES string of the molecule is O=C(O)Cn1cc(CN2C(=O)COCC2=O)nn1. The van der Waals surface area contributed by atoms with E-state index in [-0.39, 0.29) is 26.3 Å². The number of rotatable bonds is 4. The smallest absolute Gasteiger partial charge is 0.325 e. The Hall–Kier alpha value is -2.29. The fraction of sp³-hybridized carbons (Fsp3) is 0.444. The lowest BCUT2D eigenvalue weighted by Crippen LogP contribution is -2.45. The molecular formula is C9H10N4O5. The van der Waals surface area contributed by atoms with Gasteiger partial charge in [-0.2, -0.15) is 0 Å². The number of hydrogen-bond acceptors (Lipinski definition) is 6. The Balaban J connectivity index is 2.04. The summed E-state index contributed by atoms with van der Waals surface area (Å²) < 4.78 is 5.88. The Morgan fingerprint density at radius 3 is 2.67 bits per heavy atom. The summed E-state index contributed by atoms with van der Waals surface area (Å²) >= 11 is 0. The maximum absolute atomic E-state index is 11.4. The van der Waals surface area contributed by atoms with E-state index in [0.717, 1.165) is 9.58 Å². The first-order valence-corrected chi connectivity index (χ1v) is 5.08. The standard InChI is InChI=1S/C9H10N4O5/c14-7-4-18-5-8(15)13(7)2-6-1-12(11-10-6)3-9(16)17/h1H,2-5H2,(H,16,17). The first kappa shape index (κ1) is 12.2. The van der Waals surface area contributed by atoms with Gasteiger partial charge in [0.05, 0.1) is 12.7 Å². The molecule has 2 amide bonds. The van der Waals surface area contributed by atoms with Crippen molar-refractivity contribution in [3.05, 3.63) is 11.9 Å². The third-order valence-electron chi connectivity index (χ3n) is 2.26. The second-order valence-corrected chi connectivity index (χ2v) is 3.67. The molecule has 1 aromatic heterocycles. The van der Waals surface area contributed by atoms with Gasteiger partial charge < -0.3 is 9.84 Å². The van der Waals surface area contributed by atoms with Crippen molar-refractivity contribution in [1.82, 2.24) is 19.9 Å². The van der Waals surface area contributed by atoms with E-state index in [0.29, 0.717) is 5.69 Å². The Kier molecular flexibility index (Phi) is 3.33. The van der Waals surface area contributed by atoms with Crippen molar-refractivity contribution in [3.8, 4) is 0 Å². The Bertz CT molecular complexity index is 481. The van der Waals surface area contributed by atoms with Crippen LogP contribution in [0.2, 0.25) is 0 Å². The van der Waals surface area contributed by atoms with Gasteiger partial charge in [-0.15, -0.1) is 5.10 Å². The first-order valence-electron chi connectivity index (χ1n) is 5.08. The van der Waals surface area contributed by atoms with Crippen molar-refractivity contribution in [3.63, 3.8) is 0 Å². The molecule has 9 heteroatoms. The summed E-state index contributed by atoms with van der Waals surface area (Å²) in [5.41, 5.74) is 0.347. The summed E-state index contributed by atoms with van der Waals surface area (Å²) in [6.45, 7) is -0.636. The lowest BCUT2D eigenvalue weighted by Gasteiger charge is -2.23.